The third kappa shape index (κ3) is 11.4. The average Bonchev–Trinajstić information content (AvgIpc) is 3.20. The second-order valence-corrected chi connectivity index (χ2v) is 17.4. The minimum atomic E-state index is -1.66. The average molecular weight is 866 g/mol. The zero-order chi connectivity index (χ0) is 45.0. The van der Waals surface area contributed by atoms with E-state index in [1.165, 1.54) is 57.0 Å². The Labute approximate surface area is 355 Å². The fraction of sp³-hybridized carbons (Fsp3) is 0.667. The molecule has 10 N–H and O–H groups in total. The van der Waals surface area contributed by atoms with Crippen LogP contribution in [0.1, 0.15) is 52.7 Å². The maximum absolute atomic E-state index is 12.1. The van der Waals surface area contributed by atoms with Gasteiger partial charge in [-0.15, -0.1) is 0 Å². The first-order valence-electron chi connectivity index (χ1n) is 20.1. The summed E-state index contributed by atoms with van der Waals surface area (Å²) < 4.78 is 47.8. The Balaban J connectivity index is 1.50. The maximum Gasteiger partial charge on any atom is 0.183 e. The number of phenols is 2. The Bertz CT molecular complexity index is 1790. The number of aromatic hydroxyl groups is 2. The minimum Gasteiger partial charge on any atom is -0.504 e. The molecule has 0 aliphatic carbocycles. The molecule has 0 bridgehead atoms. The molecule has 3 heterocycles. The number of nitrogens with two attached hydrogens (primary N) is 1. The van der Waals surface area contributed by atoms with Gasteiger partial charge in [0.25, 0.3) is 0 Å². The van der Waals surface area contributed by atoms with Crippen molar-refractivity contribution >= 4 is 12.4 Å². The van der Waals surface area contributed by atoms with Gasteiger partial charge in [-0.2, -0.15) is 0 Å². The Hall–Kier alpha value is -3.54. The molecule has 0 amide bonds. The van der Waals surface area contributed by atoms with Gasteiger partial charge in [-0.05, 0) is 73.7 Å². The Morgan fingerprint density at radius 3 is 1.49 bits per heavy atom. The van der Waals surface area contributed by atoms with Gasteiger partial charge in [0.1, 0.15) is 48.7 Å². The van der Waals surface area contributed by atoms with Gasteiger partial charge < -0.3 is 84.5 Å². The summed E-state index contributed by atoms with van der Waals surface area (Å²) in [6.07, 6.45) is -12.1. The van der Waals surface area contributed by atoms with Crippen molar-refractivity contribution in [3.05, 3.63) is 47.5 Å². The van der Waals surface area contributed by atoms with Crippen molar-refractivity contribution in [3.63, 3.8) is 0 Å². The van der Waals surface area contributed by atoms with Crippen LogP contribution in [0.3, 0.4) is 0 Å². The molecule has 15 unspecified atom stereocenters. The Morgan fingerprint density at radius 1 is 0.639 bits per heavy atom. The number of hydrogen-bond acceptors (Lipinski definition) is 19. The van der Waals surface area contributed by atoms with Gasteiger partial charge >= 0.3 is 0 Å². The van der Waals surface area contributed by atoms with Crippen LogP contribution >= 0.6 is 0 Å². The smallest absolute Gasteiger partial charge is 0.183 e. The molecule has 3 fully saturated rings. The lowest BCUT2D eigenvalue weighted by Crippen LogP contribution is -2.67. The van der Waals surface area contributed by atoms with Crippen LogP contribution in [0.15, 0.2) is 46.4 Å². The number of rotatable bonds is 14. The van der Waals surface area contributed by atoms with Crippen LogP contribution in [0.2, 0.25) is 0 Å². The lowest BCUT2D eigenvalue weighted by Gasteiger charge is -2.51. The van der Waals surface area contributed by atoms with E-state index in [4.69, 9.17) is 43.6 Å². The number of nitrogens with zero attached hydrogens (tertiary/aromatic N) is 2. The van der Waals surface area contributed by atoms with Crippen LogP contribution in [0, 0.1) is 11.3 Å². The van der Waals surface area contributed by atoms with Gasteiger partial charge in [-0.3, -0.25) is 9.98 Å². The van der Waals surface area contributed by atoms with Gasteiger partial charge in [-0.25, -0.2) is 0 Å². The molecule has 3 aliphatic rings. The van der Waals surface area contributed by atoms with Crippen molar-refractivity contribution in [2.24, 2.45) is 27.1 Å². The van der Waals surface area contributed by atoms with E-state index in [1.807, 2.05) is 20.8 Å². The maximum atomic E-state index is 12.1. The normalized spacial score (nSPS) is 35.2. The SMILES string of the molecule is COc1cc(C=NC2C(OC3C(CO)OC(OC(C)(C)C)C(N=Cc4ccc(O)c(OC)c4)C3O)OC(CO)C(OC3OC(CO)C(C(C)(C)C)C(O)C3N)C2O)ccc1O. The number of hydrogen-bond donors (Lipinski definition) is 9. The van der Waals surface area contributed by atoms with Crippen LogP contribution in [-0.2, 0) is 28.4 Å². The quantitative estimate of drug-likeness (QED) is 0.115. The molecule has 15 atom stereocenters. The first-order chi connectivity index (χ1) is 28.7. The summed E-state index contributed by atoms with van der Waals surface area (Å²) >= 11 is 0. The van der Waals surface area contributed by atoms with Crippen LogP contribution in [0.25, 0.3) is 0 Å². The fourth-order valence-corrected chi connectivity index (χ4v) is 7.84. The largest absolute Gasteiger partial charge is 0.504 e. The second kappa shape index (κ2) is 20.3. The lowest BCUT2D eigenvalue weighted by molar-refractivity contribution is -0.353. The number of ether oxygens (including phenoxy) is 8. The van der Waals surface area contributed by atoms with Crippen LogP contribution in [-0.4, -0.2) is 179 Å². The third-order valence-electron chi connectivity index (χ3n) is 10.9. The van der Waals surface area contributed by atoms with E-state index < -0.39 is 123 Å². The molecule has 0 aromatic heterocycles. The van der Waals surface area contributed by atoms with Crippen LogP contribution in [0.5, 0.6) is 23.0 Å². The first kappa shape index (κ1) is 48.5. The highest BCUT2D eigenvalue weighted by molar-refractivity contribution is 5.81. The number of benzene rings is 2. The number of phenolic OH excluding ortho intramolecular Hbond substituents is 2. The van der Waals surface area contributed by atoms with Crippen molar-refractivity contribution in [3.8, 4) is 23.0 Å². The second-order valence-electron chi connectivity index (χ2n) is 17.4. The molecular weight excluding hydrogens is 802 g/mol. The molecule has 19 nitrogen and oxygen atoms in total. The van der Waals surface area contributed by atoms with Gasteiger partial charge in [0.15, 0.2) is 41.9 Å². The third-order valence-corrected chi connectivity index (χ3v) is 10.9. The van der Waals surface area contributed by atoms with E-state index >= 15 is 0 Å². The summed E-state index contributed by atoms with van der Waals surface area (Å²) in [5.74, 6) is -0.464. The summed E-state index contributed by atoms with van der Waals surface area (Å²) in [6.45, 7) is 9.11. The van der Waals surface area contributed by atoms with E-state index in [0.29, 0.717) is 11.1 Å². The molecule has 2 aromatic rings. The number of methoxy groups -OCH3 is 2. The molecule has 3 saturated heterocycles. The molecule has 0 spiro atoms. The van der Waals surface area contributed by atoms with Gasteiger partial charge in [0.2, 0.25) is 0 Å². The number of aliphatic hydroxyl groups excluding tert-OH is 6. The molecular formula is C42H63N3O16. The van der Waals surface area contributed by atoms with Gasteiger partial charge in [0.05, 0.1) is 57.9 Å². The molecule has 61 heavy (non-hydrogen) atoms. The van der Waals surface area contributed by atoms with Crippen molar-refractivity contribution < 1.29 is 78.7 Å². The zero-order valence-corrected chi connectivity index (χ0v) is 35.7. The monoisotopic (exact) mass is 865 g/mol. The van der Waals surface area contributed by atoms with E-state index in [-0.39, 0.29) is 23.0 Å². The fourth-order valence-electron chi connectivity index (χ4n) is 7.84. The topological polar surface area (TPSA) is 286 Å². The summed E-state index contributed by atoms with van der Waals surface area (Å²) in [5, 5.41) is 87.3. The summed E-state index contributed by atoms with van der Waals surface area (Å²) in [5.41, 5.74) is 6.08. The molecule has 19 heteroatoms. The highest BCUT2D eigenvalue weighted by Crippen LogP contribution is 2.40. The van der Waals surface area contributed by atoms with E-state index in [1.54, 1.807) is 26.8 Å². The van der Waals surface area contributed by atoms with E-state index in [0.717, 1.165) is 0 Å². The van der Waals surface area contributed by atoms with Crippen molar-refractivity contribution in [2.75, 3.05) is 34.0 Å². The molecule has 0 radical (unpaired) electrons. The zero-order valence-electron chi connectivity index (χ0n) is 35.7. The first-order valence-corrected chi connectivity index (χ1v) is 20.1. The highest BCUT2D eigenvalue weighted by atomic mass is 16.7. The van der Waals surface area contributed by atoms with E-state index in [2.05, 4.69) is 9.98 Å². The lowest BCUT2D eigenvalue weighted by atomic mass is 9.71. The molecule has 342 valence electrons. The molecule has 5 rings (SSSR count). The predicted molar refractivity (Wildman–Crippen MR) is 219 cm³/mol. The number of aliphatic imine (C=N–C) groups is 2. The van der Waals surface area contributed by atoms with Crippen LogP contribution in [0.4, 0.5) is 0 Å². The number of aliphatic hydroxyl groups is 6. The standard InChI is InChI=1S/C42H63N3O16/c1-41(2,3)29-26(17-46)56-38(30(43)33(29)51)59-36-27(18-47)57-39(31(34(36)52)44-15-20-9-11-22(49)24(13-20)54-7)60-37-28(19-48)58-40(61-42(4,5)6)32(35(37)53)45-16-21-10-12-23(50)25(14-21)55-8/h9-16,26-40,46-53H,17-19,43H2,1-8H3. The van der Waals surface area contributed by atoms with Crippen molar-refractivity contribution in [1.29, 1.82) is 0 Å². The predicted octanol–water partition coefficient (Wildman–Crippen LogP) is 0.200. The molecule has 0 saturated carbocycles. The highest BCUT2D eigenvalue weighted by Gasteiger charge is 2.55. The van der Waals surface area contributed by atoms with Gasteiger partial charge in [-0.1, -0.05) is 20.8 Å². The summed E-state index contributed by atoms with van der Waals surface area (Å²) in [6, 6.07) is 5.24. The van der Waals surface area contributed by atoms with Crippen molar-refractivity contribution in [2.45, 2.75) is 133 Å². The summed E-state index contributed by atoms with van der Waals surface area (Å²) in [4.78, 5) is 9.21. The minimum absolute atomic E-state index is 0.0886. The summed E-state index contributed by atoms with van der Waals surface area (Å²) in [7, 11) is 2.77. The molecule has 3 aliphatic heterocycles. The van der Waals surface area contributed by atoms with Crippen LogP contribution < -0.4 is 15.2 Å². The molecule has 2 aromatic carbocycles. The Morgan fingerprint density at radius 2 is 1.07 bits per heavy atom. The Kier molecular flexibility index (Phi) is 16.1. The van der Waals surface area contributed by atoms with Gasteiger partial charge in [0, 0.05) is 18.3 Å². The van der Waals surface area contributed by atoms with Crippen molar-refractivity contribution in [1.82, 2.24) is 0 Å². The van der Waals surface area contributed by atoms with E-state index in [9.17, 15) is 40.9 Å².